The number of aldehydes is 1. The summed E-state index contributed by atoms with van der Waals surface area (Å²) in [5, 5.41) is 0. The van der Waals surface area contributed by atoms with Crippen LogP contribution in [0.3, 0.4) is 0 Å². The molecule has 0 saturated heterocycles. The van der Waals surface area contributed by atoms with E-state index in [-0.39, 0.29) is 6.54 Å². The molecule has 0 radical (unpaired) electrons. The summed E-state index contributed by atoms with van der Waals surface area (Å²) < 4.78 is 0. The fourth-order valence-corrected chi connectivity index (χ4v) is 1.34. The fraction of sp³-hybridized carbons (Fsp3) is 0.143. The minimum absolute atomic E-state index is 0.212. The van der Waals surface area contributed by atoms with Gasteiger partial charge in [-0.25, -0.2) is 0 Å². The molecule has 1 aromatic carbocycles. The molecular formula is C14H15NO. The highest BCUT2D eigenvalue weighted by molar-refractivity contribution is 5.80. The van der Waals surface area contributed by atoms with E-state index in [0.29, 0.717) is 0 Å². The first-order valence-electron chi connectivity index (χ1n) is 5.16. The Kier molecular flexibility index (Phi) is 5.56. The minimum Gasteiger partial charge on any atom is -0.301 e. The Bertz CT molecular complexity index is 390. The number of benzene rings is 1. The maximum Gasteiger partial charge on any atom is 0.141 e. The van der Waals surface area contributed by atoms with E-state index < -0.39 is 0 Å². The Labute approximate surface area is 96.0 Å². The highest BCUT2D eigenvalue weighted by atomic mass is 16.1. The van der Waals surface area contributed by atoms with Crippen molar-refractivity contribution in [3.63, 3.8) is 0 Å². The second kappa shape index (κ2) is 7.35. The van der Waals surface area contributed by atoms with Gasteiger partial charge >= 0.3 is 0 Å². The van der Waals surface area contributed by atoms with Gasteiger partial charge in [0, 0.05) is 6.21 Å². The molecule has 0 aliphatic carbocycles. The van der Waals surface area contributed by atoms with E-state index in [0.717, 1.165) is 18.3 Å². The zero-order valence-electron chi connectivity index (χ0n) is 9.17. The van der Waals surface area contributed by atoms with Crippen molar-refractivity contribution in [2.45, 2.75) is 6.42 Å². The van der Waals surface area contributed by atoms with E-state index in [1.807, 2.05) is 24.3 Å². The van der Waals surface area contributed by atoms with Crippen molar-refractivity contribution in [1.29, 1.82) is 0 Å². The Morgan fingerprint density at radius 3 is 2.69 bits per heavy atom. The lowest BCUT2D eigenvalue weighted by atomic mass is 10.1. The molecule has 0 heterocycles. The SMILES string of the molecule is C=C/C=C(\C=NCC=O)Cc1ccccc1. The molecule has 0 atom stereocenters. The third-order valence-electron chi connectivity index (χ3n) is 2.02. The standard InChI is InChI=1S/C14H15NO/c1-2-6-14(12-15-9-10-16)11-13-7-4-3-5-8-13/h2-8,10,12H,1,9,11H2/b14-6-,15-12?. The van der Waals surface area contributed by atoms with Crippen molar-refractivity contribution in [2.75, 3.05) is 6.54 Å². The molecule has 0 fully saturated rings. The van der Waals surface area contributed by atoms with Crippen LogP contribution in [0.1, 0.15) is 5.56 Å². The summed E-state index contributed by atoms with van der Waals surface area (Å²) in [5.74, 6) is 0. The first-order chi connectivity index (χ1) is 7.86. The predicted octanol–water partition coefficient (Wildman–Crippen LogP) is 2.61. The third-order valence-corrected chi connectivity index (χ3v) is 2.02. The molecule has 0 unspecified atom stereocenters. The third kappa shape index (κ3) is 4.51. The van der Waals surface area contributed by atoms with Crippen LogP contribution < -0.4 is 0 Å². The average Bonchev–Trinajstić information content (AvgIpc) is 2.31. The van der Waals surface area contributed by atoms with Gasteiger partial charge in [-0.05, 0) is 17.6 Å². The Morgan fingerprint density at radius 1 is 1.31 bits per heavy atom. The Hall–Kier alpha value is -1.96. The average molecular weight is 213 g/mol. The lowest BCUT2D eigenvalue weighted by molar-refractivity contribution is -0.106. The van der Waals surface area contributed by atoms with Gasteiger partial charge in [0.15, 0.2) is 0 Å². The summed E-state index contributed by atoms with van der Waals surface area (Å²) >= 11 is 0. The molecule has 0 aliphatic heterocycles. The molecule has 16 heavy (non-hydrogen) atoms. The minimum atomic E-state index is 0.212. The van der Waals surface area contributed by atoms with E-state index in [4.69, 9.17) is 0 Å². The molecule has 2 nitrogen and oxygen atoms in total. The summed E-state index contributed by atoms with van der Waals surface area (Å²) in [4.78, 5) is 14.1. The van der Waals surface area contributed by atoms with Gasteiger partial charge in [-0.3, -0.25) is 4.99 Å². The van der Waals surface area contributed by atoms with Crippen molar-refractivity contribution in [2.24, 2.45) is 4.99 Å². The molecule has 0 saturated carbocycles. The number of rotatable bonds is 6. The summed E-state index contributed by atoms with van der Waals surface area (Å²) in [6.45, 7) is 3.87. The fourth-order valence-electron chi connectivity index (χ4n) is 1.34. The van der Waals surface area contributed by atoms with Crippen LogP contribution in [0.25, 0.3) is 0 Å². The first-order valence-corrected chi connectivity index (χ1v) is 5.16. The van der Waals surface area contributed by atoms with Crippen LogP contribution in [-0.4, -0.2) is 19.0 Å². The molecule has 0 spiro atoms. The summed E-state index contributed by atoms with van der Waals surface area (Å²) in [6, 6.07) is 10.1. The largest absolute Gasteiger partial charge is 0.301 e. The van der Waals surface area contributed by atoms with E-state index in [2.05, 4.69) is 23.7 Å². The maximum absolute atomic E-state index is 10.1. The van der Waals surface area contributed by atoms with Gasteiger partial charge in [0.2, 0.25) is 0 Å². The van der Waals surface area contributed by atoms with E-state index >= 15 is 0 Å². The quantitative estimate of drug-likeness (QED) is 0.406. The topological polar surface area (TPSA) is 29.4 Å². The van der Waals surface area contributed by atoms with Crippen LogP contribution in [0.5, 0.6) is 0 Å². The van der Waals surface area contributed by atoms with Crippen molar-refractivity contribution in [3.8, 4) is 0 Å². The number of hydrogen-bond acceptors (Lipinski definition) is 2. The van der Waals surface area contributed by atoms with Crippen molar-refractivity contribution in [1.82, 2.24) is 0 Å². The molecule has 2 heteroatoms. The molecular weight excluding hydrogens is 198 g/mol. The van der Waals surface area contributed by atoms with E-state index in [1.54, 1.807) is 12.3 Å². The number of nitrogens with zero attached hydrogens (tertiary/aromatic N) is 1. The van der Waals surface area contributed by atoms with Crippen LogP contribution in [0.15, 0.2) is 59.6 Å². The van der Waals surface area contributed by atoms with Gasteiger partial charge in [0.1, 0.15) is 6.29 Å². The number of aliphatic imine (C=N–C) groups is 1. The van der Waals surface area contributed by atoms with Crippen molar-refractivity contribution in [3.05, 3.63) is 60.2 Å². The lowest BCUT2D eigenvalue weighted by Gasteiger charge is -2.01. The Morgan fingerprint density at radius 2 is 2.06 bits per heavy atom. The van der Waals surface area contributed by atoms with Crippen LogP contribution in [0.4, 0.5) is 0 Å². The Balaban J connectivity index is 2.69. The van der Waals surface area contributed by atoms with Crippen LogP contribution in [0, 0.1) is 0 Å². The van der Waals surface area contributed by atoms with Crippen LogP contribution in [-0.2, 0) is 11.2 Å². The number of hydrogen-bond donors (Lipinski definition) is 0. The second-order valence-electron chi connectivity index (χ2n) is 3.30. The molecule has 0 bridgehead atoms. The zero-order valence-corrected chi connectivity index (χ0v) is 9.17. The van der Waals surface area contributed by atoms with Crippen LogP contribution in [0.2, 0.25) is 0 Å². The highest BCUT2D eigenvalue weighted by Gasteiger charge is 1.95. The van der Waals surface area contributed by atoms with E-state index in [1.165, 1.54) is 5.56 Å². The van der Waals surface area contributed by atoms with Gasteiger partial charge in [0.25, 0.3) is 0 Å². The summed E-state index contributed by atoms with van der Waals surface area (Å²) in [5.41, 5.74) is 2.26. The van der Waals surface area contributed by atoms with Crippen molar-refractivity contribution < 1.29 is 4.79 Å². The molecule has 82 valence electrons. The number of carbonyl (C=O) groups excluding carboxylic acids is 1. The monoisotopic (exact) mass is 213 g/mol. The molecule has 0 N–H and O–H groups in total. The number of allylic oxidation sites excluding steroid dienone is 3. The summed E-state index contributed by atoms with van der Waals surface area (Å²) in [6.07, 6.45) is 6.94. The first kappa shape index (κ1) is 12.1. The van der Waals surface area contributed by atoms with Gasteiger partial charge < -0.3 is 4.79 Å². The van der Waals surface area contributed by atoms with Gasteiger partial charge in [-0.1, -0.05) is 49.1 Å². The lowest BCUT2D eigenvalue weighted by Crippen LogP contribution is -1.93. The number of carbonyl (C=O) groups is 1. The smallest absolute Gasteiger partial charge is 0.141 e. The molecule has 0 aromatic heterocycles. The molecule has 1 rings (SSSR count). The second-order valence-corrected chi connectivity index (χ2v) is 3.30. The molecule has 0 amide bonds. The highest BCUT2D eigenvalue weighted by Crippen LogP contribution is 2.06. The summed E-state index contributed by atoms with van der Waals surface area (Å²) in [7, 11) is 0. The van der Waals surface area contributed by atoms with Gasteiger partial charge in [0.05, 0.1) is 6.54 Å². The maximum atomic E-state index is 10.1. The molecule has 1 aromatic rings. The van der Waals surface area contributed by atoms with E-state index in [9.17, 15) is 4.79 Å². The van der Waals surface area contributed by atoms with Crippen LogP contribution >= 0.6 is 0 Å². The predicted molar refractivity (Wildman–Crippen MR) is 67.8 cm³/mol. The van der Waals surface area contributed by atoms with Gasteiger partial charge in [-0.15, -0.1) is 0 Å². The zero-order chi connectivity index (χ0) is 11.6. The van der Waals surface area contributed by atoms with Crippen molar-refractivity contribution >= 4 is 12.5 Å². The van der Waals surface area contributed by atoms with Gasteiger partial charge in [-0.2, -0.15) is 0 Å². The molecule has 0 aliphatic rings. The normalized spacial score (nSPS) is 11.6.